The average molecular weight is 182 g/mol. The molecule has 1 aromatic rings. The highest BCUT2D eigenvalue weighted by molar-refractivity contribution is 5.72. The first-order valence-electron chi connectivity index (χ1n) is 4.42. The molecule has 3 nitrogen and oxygen atoms in total. The van der Waals surface area contributed by atoms with Crippen LogP contribution >= 0.6 is 0 Å². The summed E-state index contributed by atoms with van der Waals surface area (Å²) < 4.78 is 10.0. The fraction of sp³-hybridized carbons (Fsp3) is 0.500. The molecule has 1 rings (SSSR count). The maximum absolute atomic E-state index is 11.1. The van der Waals surface area contributed by atoms with Crippen molar-refractivity contribution in [3.05, 3.63) is 23.7 Å². The molecule has 0 N–H and O–H groups in total. The van der Waals surface area contributed by atoms with Gasteiger partial charge in [0.25, 0.3) is 0 Å². The zero-order valence-electron chi connectivity index (χ0n) is 8.00. The molecule has 0 fully saturated rings. The molecule has 0 spiro atoms. The Morgan fingerprint density at radius 1 is 1.62 bits per heavy atom. The van der Waals surface area contributed by atoms with Crippen LogP contribution < -0.4 is 0 Å². The molecule has 1 heterocycles. The zero-order valence-corrected chi connectivity index (χ0v) is 8.00. The van der Waals surface area contributed by atoms with Gasteiger partial charge in [0.15, 0.2) is 0 Å². The quantitative estimate of drug-likeness (QED) is 0.669. The normalized spacial score (nSPS) is 10.0. The van der Waals surface area contributed by atoms with Crippen molar-refractivity contribution in [2.45, 2.75) is 26.7 Å². The minimum Gasteiger partial charge on any atom is -0.468 e. The van der Waals surface area contributed by atoms with E-state index in [2.05, 4.69) is 0 Å². The van der Waals surface area contributed by atoms with E-state index in [4.69, 9.17) is 9.15 Å². The smallest absolute Gasteiger partial charge is 0.313 e. The molecule has 0 saturated heterocycles. The van der Waals surface area contributed by atoms with Gasteiger partial charge in [0, 0.05) is 0 Å². The Hall–Kier alpha value is -1.25. The van der Waals surface area contributed by atoms with Crippen LogP contribution in [0.1, 0.15) is 24.7 Å². The third-order valence-corrected chi connectivity index (χ3v) is 1.74. The molecule has 0 radical (unpaired) electrons. The van der Waals surface area contributed by atoms with Gasteiger partial charge in [-0.25, -0.2) is 0 Å². The molecule has 0 aliphatic heterocycles. The maximum Gasteiger partial charge on any atom is 0.313 e. The molecule has 0 atom stereocenters. The van der Waals surface area contributed by atoms with E-state index in [9.17, 15) is 4.79 Å². The summed E-state index contributed by atoms with van der Waals surface area (Å²) >= 11 is 0. The van der Waals surface area contributed by atoms with E-state index in [1.54, 1.807) is 6.26 Å². The third-order valence-electron chi connectivity index (χ3n) is 1.74. The van der Waals surface area contributed by atoms with E-state index >= 15 is 0 Å². The van der Waals surface area contributed by atoms with Crippen molar-refractivity contribution in [3.8, 4) is 0 Å². The predicted octanol–water partition coefficient (Wildman–Crippen LogP) is 2.08. The van der Waals surface area contributed by atoms with Gasteiger partial charge in [0.1, 0.15) is 12.2 Å². The number of hydrogen-bond acceptors (Lipinski definition) is 3. The summed E-state index contributed by atoms with van der Waals surface area (Å²) in [5.41, 5.74) is 0.994. The van der Waals surface area contributed by atoms with Crippen LogP contribution in [0.2, 0.25) is 0 Å². The van der Waals surface area contributed by atoms with Gasteiger partial charge in [-0.2, -0.15) is 0 Å². The topological polar surface area (TPSA) is 39.4 Å². The van der Waals surface area contributed by atoms with Crippen LogP contribution in [0.25, 0.3) is 0 Å². The Morgan fingerprint density at radius 3 is 2.92 bits per heavy atom. The SMILES string of the molecule is CCCOC(=O)Cc1occc1C. The summed E-state index contributed by atoms with van der Waals surface area (Å²) in [6.45, 7) is 4.36. The van der Waals surface area contributed by atoms with Gasteiger partial charge in [-0.15, -0.1) is 0 Å². The molecule has 3 heteroatoms. The Morgan fingerprint density at radius 2 is 2.38 bits per heavy atom. The molecule has 0 unspecified atom stereocenters. The summed E-state index contributed by atoms with van der Waals surface area (Å²) in [7, 11) is 0. The fourth-order valence-electron chi connectivity index (χ4n) is 0.983. The Labute approximate surface area is 77.7 Å². The van der Waals surface area contributed by atoms with E-state index in [1.165, 1.54) is 0 Å². The minimum absolute atomic E-state index is 0.222. The van der Waals surface area contributed by atoms with Gasteiger partial charge in [0.05, 0.1) is 12.9 Å². The molecule has 0 bridgehead atoms. The second kappa shape index (κ2) is 4.70. The van der Waals surface area contributed by atoms with E-state index in [-0.39, 0.29) is 12.4 Å². The molecule has 0 aromatic carbocycles. The van der Waals surface area contributed by atoms with Crippen LogP contribution in [0.15, 0.2) is 16.7 Å². The highest BCUT2D eigenvalue weighted by Crippen LogP contribution is 2.09. The largest absolute Gasteiger partial charge is 0.468 e. The van der Waals surface area contributed by atoms with Crippen molar-refractivity contribution in [2.24, 2.45) is 0 Å². The van der Waals surface area contributed by atoms with Crippen LogP contribution in [0.5, 0.6) is 0 Å². The summed E-state index contributed by atoms with van der Waals surface area (Å²) in [4.78, 5) is 11.1. The summed E-state index contributed by atoms with van der Waals surface area (Å²) in [5, 5.41) is 0. The number of carbonyl (C=O) groups is 1. The standard InChI is InChI=1S/C10H14O3/c1-3-5-13-10(11)7-9-8(2)4-6-12-9/h4,6H,3,5,7H2,1-2H3. The summed E-state index contributed by atoms with van der Waals surface area (Å²) in [6.07, 6.45) is 2.67. The predicted molar refractivity (Wildman–Crippen MR) is 48.4 cm³/mol. The lowest BCUT2D eigenvalue weighted by Gasteiger charge is -2.01. The van der Waals surface area contributed by atoms with Gasteiger partial charge in [-0.3, -0.25) is 4.79 Å². The van der Waals surface area contributed by atoms with Gasteiger partial charge < -0.3 is 9.15 Å². The Bertz CT molecular complexity index is 275. The van der Waals surface area contributed by atoms with Gasteiger partial charge >= 0.3 is 5.97 Å². The number of aryl methyl sites for hydroxylation is 1. The Balaban J connectivity index is 2.41. The lowest BCUT2D eigenvalue weighted by Crippen LogP contribution is -2.08. The van der Waals surface area contributed by atoms with Gasteiger partial charge in [-0.05, 0) is 25.0 Å². The first-order chi connectivity index (χ1) is 6.24. The summed E-state index contributed by atoms with van der Waals surface area (Å²) in [6, 6.07) is 1.84. The monoisotopic (exact) mass is 182 g/mol. The molecule has 72 valence electrons. The third kappa shape index (κ3) is 2.93. The molecule has 0 saturated carbocycles. The second-order valence-electron chi connectivity index (χ2n) is 2.92. The molecule has 1 aromatic heterocycles. The van der Waals surface area contributed by atoms with E-state index in [1.807, 2.05) is 19.9 Å². The van der Waals surface area contributed by atoms with Gasteiger partial charge in [-0.1, -0.05) is 6.92 Å². The molecular formula is C10H14O3. The van der Waals surface area contributed by atoms with Crippen LogP contribution in [0.4, 0.5) is 0 Å². The maximum atomic E-state index is 11.1. The highest BCUT2D eigenvalue weighted by Gasteiger charge is 2.09. The van der Waals surface area contributed by atoms with Crippen molar-refractivity contribution >= 4 is 5.97 Å². The zero-order chi connectivity index (χ0) is 9.68. The van der Waals surface area contributed by atoms with Crippen molar-refractivity contribution in [3.63, 3.8) is 0 Å². The minimum atomic E-state index is -0.222. The highest BCUT2D eigenvalue weighted by atomic mass is 16.5. The van der Waals surface area contributed by atoms with Crippen LogP contribution in [0.3, 0.4) is 0 Å². The average Bonchev–Trinajstić information content (AvgIpc) is 2.48. The first-order valence-corrected chi connectivity index (χ1v) is 4.42. The van der Waals surface area contributed by atoms with Crippen LogP contribution in [0, 0.1) is 6.92 Å². The molecule has 0 amide bonds. The number of carbonyl (C=O) groups excluding carboxylic acids is 1. The van der Waals surface area contributed by atoms with Crippen molar-refractivity contribution in [2.75, 3.05) is 6.61 Å². The van der Waals surface area contributed by atoms with Crippen molar-refractivity contribution < 1.29 is 13.9 Å². The molecule has 0 aliphatic rings. The van der Waals surface area contributed by atoms with Gasteiger partial charge in [0.2, 0.25) is 0 Å². The first kappa shape index (κ1) is 9.84. The van der Waals surface area contributed by atoms with E-state index in [0.29, 0.717) is 12.4 Å². The van der Waals surface area contributed by atoms with Crippen molar-refractivity contribution in [1.29, 1.82) is 0 Å². The lowest BCUT2D eigenvalue weighted by atomic mass is 10.2. The number of rotatable bonds is 4. The van der Waals surface area contributed by atoms with E-state index in [0.717, 1.165) is 12.0 Å². The molecular weight excluding hydrogens is 168 g/mol. The number of furan rings is 1. The second-order valence-corrected chi connectivity index (χ2v) is 2.92. The Kier molecular flexibility index (Phi) is 3.55. The number of esters is 1. The molecule has 13 heavy (non-hydrogen) atoms. The van der Waals surface area contributed by atoms with Crippen LogP contribution in [-0.4, -0.2) is 12.6 Å². The van der Waals surface area contributed by atoms with Crippen LogP contribution in [-0.2, 0) is 16.0 Å². The fourth-order valence-corrected chi connectivity index (χ4v) is 0.983. The van der Waals surface area contributed by atoms with Crippen molar-refractivity contribution in [1.82, 2.24) is 0 Å². The number of hydrogen-bond donors (Lipinski definition) is 0. The van der Waals surface area contributed by atoms with E-state index < -0.39 is 0 Å². The summed E-state index contributed by atoms with van der Waals surface area (Å²) in [5.74, 6) is 0.473. The molecule has 0 aliphatic carbocycles. The number of ether oxygens (including phenoxy) is 1. The lowest BCUT2D eigenvalue weighted by molar-refractivity contribution is -0.143.